The zero-order chi connectivity index (χ0) is 10.7. The average Bonchev–Trinajstić information content (AvgIpc) is 2.30. The number of benzene rings is 1. The minimum absolute atomic E-state index is 0.339. The van der Waals surface area contributed by atoms with Gasteiger partial charge in [-0.1, -0.05) is 19.1 Å². The van der Waals surface area contributed by atoms with E-state index in [1.54, 1.807) is 12.1 Å². The fraction of sp³-hybridized carbons (Fsp3) is 0.538. The van der Waals surface area contributed by atoms with Crippen LogP contribution in [0.2, 0.25) is 0 Å². The van der Waals surface area contributed by atoms with Crippen molar-refractivity contribution >= 4 is 0 Å². The fourth-order valence-electron chi connectivity index (χ4n) is 2.21. The molecule has 0 bridgehead atoms. The lowest BCUT2D eigenvalue weighted by Gasteiger charge is -2.28. The van der Waals surface area contributed by atoms with E-state index in [1.165, 1.54) is 18.4 Å². The first-order chi connectivity index (χ1) is 7.27. The maximum Gasteiger partial charge on any atom is 0.115 e. The van der Waals surface area contributed by atoms with Crippen molar-refractivity contribution in [2.75, 3.05) is 13.2 Å². The van der Waals surface area contributed by atoms with Crippen LogP contribution in [0.3, 0.4) is 0 Å². The molecular weight excluding hydrogens is 188 g/mol. The molecule has 0 aromatic heterocycles. The molecule has 2 heteroatoms. The topological polar surface area (TPSA) is 29.5 Å². The Morgan fingerprint density at radius 3 is 2.67 bits per heavy atom. The molecule has 2 rings (SSSR count). The summed E-state index contributed by atoms with van der Waals surface area (Å²) in [4.78, 5) is 0. The molecule has 1 aromatic rings. The highest BCUT2D eigenvalue weighted by molar-refractivity contribution is 5.28. The highest BCUT2D eigenvalue weighted by Gasteiger charge is 2.21. The molecule has 1 aliphatic rings. The van der Waals surface area contributed by atoms with Gasteiger partial charge in [-0.25, -0.2) is 0 Å². The van der Waals surface area contributed by atoms with Crippen LogP contribution < -0.4 is 0 Å². The molecule has 2 unspecified atom stereocenters. The molecule has 0 spiro atoms. The zero-order valence-corrected chi connectivity index (χ0v) is 9.15. The van der Waals surface area contributed by atoms with Gasteiger partial charge in [0, 0.05) is 13.2 Å². The third-order valence-corrected chi connectivity index (χ3v) is 3.32. The van der Waals surface area contributed by atoms with Crippen LogP contribution in [0.4, 0.5) is 0 Å². The van der Waals surface area contributed by atoms with E-state index in [0.29, 0.717) is 17.6 Å². The molecule has 15 heavy (non-hydrogen) atoms. The standard InChI is InChI=1S/C13H18O2/c1-10(12-3-2-8-15-9-12)11-4-6-13(14)7-5-11/h4-7,10,12,14H,2-3,8-9H2,1H3. The van der Waals surface area contributed by atoms with Gasteiger partial charge in [-0.2, -0.15) is 0 Å². The molecule has 1 N–H and O–H groups in total. The maximum atomic E-state index is 9.22. The van der Waals surface area contributed by atoms with E-state index >= 15 is 0 Å². The average molecular weight is 206 g/mol. The lowest BCUT2D eigenvalue weighted by Crippen LogP contribution is -2.22. The van der Waals surface area contributed by atoms with Crippen molar-refractivity contribution in [3.05, 3.63) is 29.8 Å². The van der Waals surface area contributed by atoms with Gasteiger partial charge < -0.3 is 9.84 Å². The van der Waals surface area contributed by atoms with E-state index in [2.05, 4.69) is 6.92 Å². The highest BCUT2D eigenvalue weighted by atomic mass is 16.5. The van der Waals surface area contributed by atoms with E-state index < -0.39 is 0 Å². The van der Waals surface area contributed by atoms with E-state index in [9.17, 15) is 5.11 Å². The second kappa shape index (κ2) is 4.67. The normalized spacial score (nSPS) is 23.7. The summed E-state index contributed by atoms with van der Waals surface area (Å²) in [6, 6.07) is 7.54. The summed E-state index contributed by atoms with van der Waals surface area (Å²) < 4.78 is 5.50. The molecule has 0 radical (unpaired) electrons. The van der Waals surface area contributed by atoms with Gasteiger partial charge in [-0.05, 0) is 42.4 Å². The minimum Gasteiger partial charge on any atom is -0.508 e. The van der Waals surface area contributed by atoms with Gasteiger partial charge in [-0.15, -0.1) is 0 Å². The van der Waals surface area contributed by atoms with Gasteiger partial charge in [0.25, 0.3) is 0 Å². The number of rotatable bonds is 2. The monoisotopic (exact) mass is 206 g/mol. The molecule has 0 saturated carbocycles. The van der Waals surface area contributed by atoms with Gasteiger partial charge in [0.15, 0.2) is 0 Å². The summed E-state index contributed by atoms with van der Waals surface area (Å²) in [5.74, 6) is 1.49. The van der Waals surface area contributed by atoms with Crippen LogP contribution in [0.15, 0.2) is 24.3 Å². The molecule has 82 valence electrons. The van der Waals surface area contributed by atoms with Gasteiger partial charge in [-0.3, -0.25) is 0 Å². The first-order valence-corrected chi connectivity index (χ1v) is 5.64. The Hall–Kier alpha value is -1.02. The smallest absolute Gasteiger partial charge is 0.115 e. The van der Waals surface area contributed by atoms with Gasteiger partial charge in [0.2, 0.25) is 0 Å². The van der Waals surface area contributed by atoms with Crippen LogP contribution in [-0.4, -0.2) is 18.3 Å². The fourth-order valence-corrected chi connectivity index (χ4v) is 2.21. The lowest BCUT2D eigenvalue weighted by molar-refractivity contribution is 0.0463. The summed E-state index contributed by atoms with van der Waals surface area (Å²) >= 11 is 0. The Morgan fingerprint density at radius 1 is 1.33 bits per heavy atom. The van der Waals surface area contributed by atoms with E-state index in [0.717, 1.165) is 13.2 Å². The van der Waals surface area contributed by atoms with Gasteiger partial charge in [0.1, 0.15) is 5.75 Å². The molecule has 0 amide bonds. The molecule has 2 nitrogen and oxygen atoms in total. The van der Waals surface area contributed by atoms with E-state index in [4.69, 9.17) is 4.74 Å². The molecule has 2 atom stereocenters. The summed E-state index contributed by atoms with van der Waals surface area (Å²) in [5, 5.41) is 9.22. The van der Waals surface area contributed by atoms with Crippen LogP contribution in [0.5, 0.6) is 5.75 Å². The van der Waals surface area contributed by atoms with Crippen molar-refractivity contribution in [3.63, 3.8) is 0 Å². The number of ether oxygens (including phenoxy) is 1. The van der Waals surface area contributed by atoms with Crippen molar-refractivity contribution in [1.82, 2.24) is 0 Å². The van der Waals surface area contributed by atoms with Crippen molar-refractivity contribution in [1.29, 1.82) is 0 Å². The SMILES string of the molecule is CC(c1ccc(O)cc1)C1CCCOC1. The van der Waals surface area contributed by atoms with Crippen LogP contribution in [0.25, 0.3) is 0 Å². The number of hydrogen-bond acceptors (Lipinski definition) is 2. The minimum atomic E-state index is 0.339. The summed E-state index contributed by atoms with van der Waals surface area (Å²) in [6.45, 7) is 4.03. The summed E-state index contributed by atoms with van der Waals surface area (Å²) in [6.07, 6.45) is 2.43. The molecule has 1 aliphatic heterocycles. The van der Waals surface area contributed by atoms with Crippen LogP contribution in [-0.2, 0) is 4.74 Å². The molecule has 1 heterocycles. The predicted octanol–water partition coefficient (Wildman–Crippen LogP) is 2.92. The maximum absolute atomic E-state index is 9.22. The second-order valence-corrected chi connectivity index (χ2v) is 4.36. The van der Waals surface area contributed by atoms with Crippen LogP contribution >= 0.6 is 0 Å². The highest BCUT2D eigenvalue weighted by Crippen LogP contribution is 2.30. The van der Waals surface area contributed by atoms with Crippen molar-refractivity contribution in [2.24, 2.45) is 5.92 Å². The van der Waals surface area contributed by atoms with Crippen LogP contribution in [0.1, 0.15) is 31.2 Å². The quantitative estimate of drug-likeness (QED) is 0.806. The first kappa shape index (κ1) is 10.5. The summed E-state index contributed by atoms with van der Waals surface area (Å²) in [5.41, 5.74) is 1.29. The predicted molar refractivity (Wildman–Crippen MR) is 60.1 cm³/mol. The molecule has 1 aromatic carbocycles. The van der Waals surface area contributed by atoms with Crippen LogP contribution in [0, 0.1) is 5.92 Å². The van der Waals surface area contributed by atoms with Gasteiger partial charge in [0.05, 0.1) is 0 Å². The Morgan fingerprint density at radius 2 is 2.07 bits per heavy atom. The van der Waals surface area contributed by atoms with Crippen molar-refractivity contribution in [3.8, 4) is 5.75 Å². The Kier molecular flexibility index (Phi) is 3.27. The van der Waals surface area contributed by atoms with Crippen molar-refractivity contribution < 1.29 is 9.84 Å². The van der Waals surface area contributed by atoms with Crippen molar-refractivity contribution in [2.45, 2.75) is 25.7 Å². The summed E-state index contributed by atoms with van der Waals surface area (Å²) in [7, 11) is 0. The third kappa shape index (κ3) is 2.51. The number of phenols is 1. The van der Waals surface area contributed by atoms with E-state index in [-0.39, 0.29) is 0 Å². The van der Waals surface area contributed by atoms with E-state index in [1.807, 2.05) is 12.1 Å². The second-order valence-electron chi connectivity index (χ2n) is 4.36. The number of aromatic hydroxyl groups is 1. The third-order valence-electron chi connectivity index (χ3n) is 3.32. The first-order valence-electron chi connectivity index (χ1n) is 5.64. The molecular formula is C13H18O2. The molecule has 0 aliphatic carbocycles. The Bertz CT molecular complexity index is 299. The largest absolute Gasteiger partial charge is 0.508 e. The lowest BCUT2D eigenvalue weighted by atomic mass is 9.84. The Labute approximate surface area is 90.9 Å². The zero-order valence-electron chi connectivity index (χ0n) is 9.15. The number of phenolic OH excluding ortho intramolecular Hbond substituents is 1. The molecule has 1 saturated heterocycles. The number of hydrogen-bond donors (Lipinski definition) is 1. The Balaban J connectivity index is 2.05. The molecule has 1 fully saturated rings. The van der Waals surface area contributed by atoms with Gasteiger partial charge >= 0.3 is 0 Å².